The first-order valence-corrected chi connectivity index (χ1v) is 9.29. The second-order valence-corrected chi connectivity index (χ2v) is 6.90. The van der Waals surface area contributed by atoms with E-state index in [1.807, 2.05) is 54.6 Å². The lowest BCUT2D eigenvalue weighted by molar-refractivity contribution is 0.306. The number of rotatable bonds is 5. The quantitative estimate of drug-likeness (QED) is 0.634. The second kappa shape index (κ2) is 7.55. The van der Waals surface area contributed by atoms with Gasteiger partial charge in [-0.1, -0.05) is 54.8 Å². The summed E-state index contributed by atoms with van der Waals surface area (Å²) in [5.41, 5.74) is 9.60. The molecule has 0 unspecified atom stereocenters. The van der Waals surface area contributed by atoms with Crippen molar-refractivity contribution in [2.45, 2.75) is 38.2 Å². The normalized spacial score (nSPS) is 14.2. The molecule has 0 spiro atoms. The van der Waals surface area contributed by atoms with E-state index in [1.165, 1.54) is 12.8 Å². The molecule has 1 aliphatic carbocycles. The van der Waals surface area contributed by atoms with Crippen LogP contribution in [-0.4, -0.2) is 9.78 Å². The van der Waals surface area contributed by atoms with E-state index < -0.39 is 0 Å². The van der Waals surface area contributed by atoms with E-state index >= 15 is 0 Å². The van der Waals surface area contributed by atoms with Crippen molar-refractivity contribution in [3.05, 3.63) is 77.3 Å². The summed E-state index contributed by atoms with van der Waals surface area (Å²) in [5.74, 6) is 1.55. The molecule has 27 heavy (non-hydrogen) atoms. The third-order valence-electron chi connectivity index (χ3n) is 5.10. The third-order valence-corrected chi connectivity index (χ3v) is 5.10. The molecular weight excluding hydrogens is 336 g/mol. The summed E-state index contributed by atoms with van der Waals surface area (Å²) in [6, 6.07) is 17.7. The van der Waals surface area contributed by atoms with Gasteiger partial charge in [0.25, 0.3) is 5.82 Å². The number of nitrogens with zero attached hydrogens (tertiary/aromatic N) is 3. The van der Waals surface area contributed by atoms with Crippen molar-refractivity contribution in [3.63, 3.8) is 0 Å². The molecule has 2 N–H and O–H groups in total. The van der Waals surface area contributed by atoms with Crippen molar-refractivity contribution in [2.24, 2.45) is 0 Å². The number of nitrogens with two attached hydrogens (primary N) is 1. The van der Waals surface area contributed by atoms with Gasteiger partial charge in [-0.3, -0.25) is 0 Å². The van der Waals surface area contributed by atoms with E-state index in [1.54, 1.807) is 4.68 Å². The van der Waals surface area contributed by atoms with Gasteiger partial charge in [0.15, 0.2) is 0 Å². The number of hydrogen-bond donors (Lipinski definition) is 1. The number of hydrogen-bond acceptors (Lipinski definition) is 3. The lowest BCUT2D eigenvalue weighted by Gasteiger charge is -2.07. The van der Waals surface area contributed by atoms with Crippen LogP contribution in [-0.2, 0) is 6.61 Å². The Kier molecular flexibility index (Phi) is 4.80. The molecule has 1 fully saturated rings. The molecule has 1 aromatic heterocycles. The van der Waals surface area contributed by atoms with Crippen LogP contribution in [0, 0.1) is 6.57 Å². The molecule has 1 heterocycles. The van der Waals surface area contributed by atoms with E-state index in [4.69, 9.17) is 22.1 Å². The number of aromatic nitrogens is 2. The molecule has 5 heteroatoms. The average Bonchev–Trinajstić information content (AvgIpc) is 3.35. The van der Waals surface area contributed by atoms with Crippen LogP contribution in [0.5, 0.6) is 5.75 Å². The van der Waals surface area contributed by atoms with Gasteiger partial charge in [0.2, 0.25) is 0 Å². The van der Waals surface area contributed by atoms with Crippen molar-refractivity contribution in [1.82, 2.24) is 9.78 Å². The van der Waals surface area contributed by atoms with E-state index in [-0.39, 0.29) is 0 Å². The largest absolute Gasteiger partial charge is 0.489 e. The Bertz CT molecular complexity index is 948. The SMILES string of the molecule is [C-]#[N+]c1c(N)c(C2CCCC2)nn1-c1ccc(OCc2ccccc2)cc1. The van der Waals surface area contributed by atoms with Gasteiger partial charge in [0, 0.05) is 5.92 Å². The predicted molar refractivity (Wildman–Crippen MR) is 106 cm³/mol. The highest BCUT2D eigenvalue weighted by atomic mass is 16.5. The van der Waals surface area contributed by atoms with Crippen molar-refractivity contribution in [3.8, 4) is 11.4 Å². The van der Waals surface area contributed by atoms with Crippen molar-refractivity contribution in [2.75, 3.05) is 5.73 Å². The number of benzene rings is 2. The zero-order valence-corrected chi connectivity index (χ0v) is 15.1. The van der Waals surface area contributed by atoms with E-state index in [0.717, 1.165) is 35.5 Å². The van der Waals surface area contributed by atoms with Gasteiger partial charge in [-0.2, -0.15) is 4.68 Å². The minimum Gasteiger partial charge on any atom is -0.489 e. The van der Waals surface area contributed by atoms with Crippen LogP contribution in [0.2, 0.25) is 0 Å². The maximum absolute atomic E-state index is 7.52. The fraction of sp³-hybridized carbons (Fsp3) is 0.273. The van der Waals surface area contributed by atoms with E-state index in [9.17, 15) is 0 Å². The van der Waals surface area contributed by atoms with Gasteiger partial charge in [-0.25, -0.2) is 0 Å². The Morgan fingerprint density at radius 3 is 2.44 bits per heavy atom. The Labute approximate surface area is 159 Å². The first kappa shape index (κ1) is 17.2. The molecule has 0 aliphatic heterocycles. The summed E-state index contributed by atoms with van der Waals surface area (Å²) >= 11 is 0. The fourth-order valence-electron chi connectivity index (χ4n) is 3.65. The number of ether oxygens (including phenoxy) is 1. The highest BCUT2D eigenvalue weighted by Crippen LogP contribution is 2.40. The fourth-order valence-corrected chi connectivity index (χ4v) is 3.65. The maximum Gasteiger partial charge on any atom is 0.280 e. The summed E-state index contributed by atoms with van der Waals surface area (Å²) in [7, 11) is 0. The molecule has 0 bridgehead atoms. The molecule has 136 valence electrons. The summed E-state index contributed by atoms with van der Waals surface area (Å²) < 4.78 is 7.50. The minimum atomic E-state index is 0.375. The highest BCUT2D eigenvalue weighted by molar-refractivity contribution is 5.69. The Morgan fingerprint density at radius 1 is 1.07 bits per heavy atom. The first-order chi connectivity index (χ1) is 13.3. The lowest BCUT2D eigenvalue weighted by atomic mass is 10.0. The molecule has 1 saturated carbocycles. The second-order valence-electron chi connectivity index (χ2n) is 6.90. The molecular formula is C22H22N4O. The summed E-state index contributed by atoms with van der Waals surface area (Å²) in [4.78, 5) is 3.63. The Hall–Kier alpha value is -3.26. The van der Waals surface area contributed by atoms with Crippen LogP contribution in [0.4, 0.5) is 11.5 Å². The van der Waals surface area contributed by atoms with Crippen LogP contribution in [0.3, 0.4) is 0 Å². The van der Waals surface area contributed by atoms with Gasteiger partial charge in [-0.15, -0.1) is 0 Å². The lowest BCUT2D eigenvalue weighted by Crippen LogP contribution is -2.00. The first-order valence-electron chi connectivity index (χ1n) is 9.29. The molecule has 0 radical (unpaired) electrons. The van der Waals surface area contributed by atoms with Gasteiger partial charge in [-0.05, 0) is 42.7 Å². The van der Waals surface area contributed by atoms with Crippen molar-refractivity contribution >= 4 is 11.5 Å². The van der Waals surface area contributed by atoms with Crippen LogP contribution in [0.1, 0.15) is 42.9 Å². The van der Waals surface area contributed by atoms with Crippen molar-refractivity contribution < 1.29 is 4.74 Å². The molecule has 0 atom stereocenters. The molecule has 2 aromatic carbocycles. The molecule has 4 rings (SSSR count). The van der Waals surface area contributed by atoms with E-state index in [2.05, 4.69) is 4.85 Å². The Morgan fingerprint density at radius 2 is 1.78 bits per heavy atom. The summed E-state index contributed by atoms with van der Waals surface area (Å²) in [6.45, 7) is 8.04. The standard InChI is InChI=1S/C22H22N4O/c1-24-22-20(23)21(17-9-5-6-10-17)25-26(22)18-11-13-19(14-12-18)27-15-16-7-3-2-4-8-16/h2-4,7-8,11-14,17H,5-6,9-10,15,23H2. The monoisotopic (exact) mass is 358 g/mol. The third kappa shape index (κ3) is 3.52. The molecule has 0 saturated heterocycles. The van der Waals surface area contributed by atoms with Crippen molar-refractivity contribution in [1.29, 1.82) is 0 Å². The molecule has 1 aliphatic rings. The minimum absolute atomic E-state index is 0.375. The number of anilines is 1. The predicted octanol–water partition coefficient (Wildman–Crippen LogP) is 5.24. The summed E-state index contributed by atoms with van der Waals surface area (Å²) in [5, 5.41) is 4.69. The average molecular weight is 358 g/mol. The van der Waals surface area contributed by atoms with Gasteiger partial charge < -0.3 is 15.3 Å². The van der Waals surface area contributed by atoms with Crippen LogP contribution >= 0.6 is 0 Å². The van der Waals surface area contributed by atoms with Crippen LogP contribution < -0.4 is 10.5 Å². The summed E-state index contributed by atoms with van der Waals surface area (Å²) in [6.07, 6.45) is 4.62. The highest BCUT2D eigenvalue weighted by Gasteiger charge is 2.27. The molecule has 5 nitrogen and oxygen atoms in total. The maximum atomic E-state index is 7.52. The smallest absolute Gasteiger partial charge is 0.280 e. The zero-order valence-electron chi connectivity index (χ0n) is 15.1. The van der Waals surface area contributed by atoms with Crippen LogP contribution in [0.25, 0.3) is 10.5 Å². The van der Waals surface area contributed by atoms with E-state index in [0.29, 0.717) is 24.0 Å². The van der Waals surface area contributed by atoms with Gasteiger partial charge in [0.1, 0.15) is 18.0 Å². The van der Waals surface area contributed by atoms with Gasteiger partial charge in [0.05, 0.1) is 11.4 Å². The molecule has 3 aromatic rings. The zero-order chi connectivity index (χ0) is 18.6. The topological polar surface area (TPSA) is 57.4 Å². The Balaban J connectivity index is 1.55. The molecule has 0 amide bonds. The van der Waals surface area contributed by atoms with Gasteiger partial charge >= 0.3 is 0 Å². The number of nitrogen functional groups attached to an aromatic ring is 1. The van der Waals surface area contributed by atoms with Crippen LogP contribution in [0.15, 0.2) is 54.6 Å².